The van der Waals surface area contributed by atoms with Gasteiger partial charge in [-0.15, -0.1) is 6.42 Å². The summed E-state index contributed by atoms with van der Waals surface area (Å²) in [5, 5.41) is 1.72. The highest BCUT2D eigenvalue weighted by molar-refractivity contribution is 6.02. The molecular formula is C8H8N2O4. The van der Waals surface area contributed by atoms with Gasteiger partial charge in [-0.25, -0.2) is 9.59 Å². The van der Waals surface area contributed by atoms with Crippen molar-refractivity contribution in [1.29, 1.82) is 0 Å². The molecule has 0 spiro atoms. The van der Waals surface area contributed by atoms with E-state index in [0.29, 0.717) is 0 Å². The monoisotopic (exact) mass is 196 g/mol. The van der Waals surface area contributed by atoms with Crippen molar-refractivity contribution in [3.8, 4) is 12.3 Å². The molecule has 3 amide bonds. The molecular weight excluding hydrogens is 188 g/mol. The quantitative estimate of drug-likeness (QED) is 0.340. The number of esters is 1. The summed E-state index contributed by atoms with van der Waals surface area (Å²) in [5.74, 6) is 0.481. The first-order valence-electron chi connectivity index (χ1n) is 3.45. The summed E-state index contributed by atoms with van der Waals surface area (Å²) >= 11 is 0. The molecule has 0 fully saturated rings. The standard InChI is InChI=1S/C8H8N2O4/c1-2-5-14-7(12)4-3-6(11)10-8(9)13/h1,3-4H,5H2,(H3,9,10,11,13)/b4-3-. The maximum atomic E-state index is 10.7. The smallest absolute Gasteiger partial charge is 0.331 e. The minimum atomic E-state index is -1.00. The molecule has 0 unspecified atom stereocenters. The van der Waals surface area contributed by atoms with Gasteiger partial charge in [-0.1, -0.05) is 5.92 Å². The zero-order chi connectivity index (χ0) is 11.0. The maximum absolute atomic E-state index is 10.7. The number of ether oxygens (including phenoxy) is 1. The lowest BCUT2D eigenvalue weighted by Crippen LogP contribution is -2.33. The average molecular weight is 196 g/mol. The van der Waals surface area contributed by atoms with Crippen LogP contribution in [0.3, 0.4) is 0 Å². The normalized spacial score (nSPS) is 9.07. The van der Waals surface area contributed by atoms with Gasteiger partial charge in [-0.3, -0.25) is 10.1 Å². The molecule has 6 heteroatoms. The van der Waals surface area contributed by atoms with Gasteiger partial charge >= 0.3 is 12.0 Å². The van der Waals surface area contributed by atoms with Crippen molar-refractivity contribution in [3.05, 3.63) is 12.2 Å². The predicted molar refractivity (Wildman–Crippen MR) is 46.7 cm³/mol. The lowest BCUT2D eigenvalue weighted by molar-refractivity contribution is -0.136. The third kappa shape index (κ3) is 6.42. The lowest BCUT2D eigenvalue weighted by Gasteiger charge is -1.94. The SMILES string of the molecule is C#CCOC(=O)/C=C\C(=O)NC(N)=O. The highest BCUT2D eigenvalue weighted by atomic mass is 16.5. The van der Waals surface area contributed by atoms with Crippen LogP contribution < -0.4 is 11.1 Å². The van der Waals surface area contributed by atoms with Gasteiger partial charge < -0.3 is 10.5 Å². The first-order valence-corrected chi connectivity index (χ1v) is 3.45. The third-order valence-electron chi connectivity index (χ3n) is 0.915. The molecule has 0 heterocycles. The van der Waals surface area contributed by atoms with Gasteiger partial charge in [-0.2, -0.15) is 0 Å². The molecule has 0 rings (SSSR count). The number of primary amides is 1. The molecule has 0 aliphatic carbocycles. The number of carbonyl (C=O) groups excluding carboxylic acids is 3. The van der Waals surface area contributed by atoms with Crippen LogP contribution in [-0.4, -0.2) is 24.5 Å². The summed E-state index contributed by atoms with van der Waals surface area (Å²) < 4.78 is 4.39. The molecule has 3 N–H and O–H groups in total. The first-order chi connectivity index (χ1) is 6.56. The van der Waals surface area contributed by atoms with Crippen molar-refractivity contribution in [3.63, 3.8) is 0 Å². The number of nitrogens with two attached hydrogens (primary N) is 1. The van der Waals surface area contributed by atoms with Gasteiger partial charge in [0.25, 0.3) is 5.91 Å². The van der Waals surface area contributed by atoms with E-state index in [1.54, 1.807) is 5.32 Å². The fourth-order valence-electron chi connectivity index (χ4n) is 0.468. The number of hydrogen-bond acceptors (Lipinski definition) is 4. The van der Waals surface area contributed by atoms with E-state index in [2.05, 4.69) is 16.4 Å². The van der Waals surface area contributed by atoms with Gasteiger partial charge in [-0.05, 0) is 0 Å². The number of carbonyl (C=O) groups is 3. The number of terminal acetylenes is 1. The molecule has 0 aliphatic heterocycles. The zero-order valence-electron chi connectivity index (χ0n) is 7.15. The van der Waals surface area contributed by atoms with Gasteiger partial charge in [0.1, 0.15) is 0 Å². The second-order valence-electron chi connectivity index (χ2n) is 2.00. The van der Waals surface area contributed by atoms with Crippen LogP contribution in [0.1, 0.15) is 0 Å². The van der Waals surface area contributed by atoms with Crippen LogP contribution in [0.25, 0.3) is 0 Å². The van der Waals surface area contributed by atoms with Crippen LogP contribution in [0, 0.1) is 12.3 Å². The second kappa shape index (κ2) is 6.25. The van der Waals surface area contributed by atoms with E-state index in [0.717, 1.165) is 12.2 Å². The molecule has 0 saturated carbocycles. The largest absolute Gasteiger partial charge is 0.449 e. The fraction of sp³-hybridized carbons (Fsp3) is 0.125. The number of imide groups is 1. The van der Waals surface area contributed by atoms with Crippen molar-refractivity contribution in [2.75, 3.05) is 6.61 Å². The maximum Gasteiger partial charge on any atom is 0.331 e. The predicted octanol–water partition coefficient (Wildman–Crippen LogP) is -1.09. The van der Waals surface area contributed by atoms with Crippen LogP contribution in [0.2, 0.25) is 0 Å². The van der Waals surface area contributed by atoms with E-state index in [-0.39, 0.29) is 6.61 Å². The van der Waals surface area contributed by atoms with E-state index in [9.17, 15) is 14.4 Å². The summed E-state index contributed by atoms with van der Waals surface area (Å²) in [6.07, 6.45) is 6.44. The minimum Gasteiger partial charge on any atom is -0.449 e. The number of amides is 3. The van der Waals surface area contributed by atoms with E-state index in [1.165, 1.54) is 0 Å². The van der Waals surface area contributed by atoms with Crippen LogP contribution in [0.15, 0.2) is 12.2 Å². The third-order valence-corrected chi connectivity index (χ3v) is 0.915. The number of rotatable bonds is 3. The summed E-state index contributed by atoms with van der Waals surface area (Å²) in [5.41, 5.74) is 4.63. The second-order valence-corrected chi connectivity index (χ2v) is 2.00. The Bertz CT molecular complexity index is 314. The van der Waals surface area contributed by atoms with Crippen molar-refractivity contribution < 1.29 is 19.1 Å². The molecule has 0 bridgehead atoms. The van der Waals surface area contributed by atoms with Gasteiger partial charge in [0.2, 0.25) is 0 Å². The van der Waals surface area contributed by atoms with Crippen LogP contribution in [0.4, 0.5) is 4.79 Å². The van der Waals surface area contributed by atoms with Crippen molar-refractivity contribution in [2.24, 2.45) is 5.73 Å². The van der Waals surface area contributed by atoms with Crippen molar-refractivity contribution >= 4 is 17.9 Å². The fourth-order valence-corrected chi connectivity index (χ4v) is 0.468. The summed E-state index contributed by atoms with van der Waals surface area (Å²) in [4.78, 5) is 31.5. The molecule has 0 aromatic heterocycles. The summed E-state index contributed by atoms with van der Waals surface area (Å²) in [6.45, 7) is -0.180. The van der Waals surface area contributed by atoms with Gasteiger partial charge in [0.05, 0.1) is 0 Å². The Morgan fingerprint density at radius 3 is 2.57 bits per heavy atom. The molecule has 0 saturated heterocycles. The Morgan fingerprint density at radius 1 is 1.43 bits per heavy atom. The number of nitrogens with one attached hydrogen (secondary N) is 1. The molecule has 0 aromatic rings. The van der Waals surface area contributed by atoms with Crippen molar-refractivity contribution in [2.45, 2.75) is 0 Å². The molecule has 0 aromatic carbocycles. The molecule has 0 aliphatic rings. The molecule has 14 heavy (non-hydrogen) atoms. The average Bonchev–Trinajstić information content (AvgIpc) is 2.10. The van der Waals surface area contributed by atoms with Crippen LogP contribution >= 0.6 is 0 Å². The van der Waals surface area contributed by atoms with Crippen LogP contribution in [0.5, 0.6) is 0 Å². The molecule has 74 valence electrons. The van der Waals surface area contributed by atoms with Gasteiger partial charge in [0.15, 0.2) is 6.61 Å². The van der Waals surface area contributed by atoms with E-state index >= 15 is 0 Å². The topological polar surface area (TPSA) is 98.5 Å². The highest BCUT2D eigenvalue weighted by Crippen LogP contribution is 1.81. The van der Waals surface area contributed by atoms with Crippen LogP contribution in [-0.2, 0) is 14.3 Å². The number of urea groups is 1. The minimum absolute atomic E-state index is 0.180. The first kappa shape index (κ1) is 11.7. The Labute approximate surface area is 80.1 Å². The highest BCUT2D eigenvalue weighted by Gasteiger charge is 2.00. The number of hydrogen-bond donors (Lipinski definition) is 2. The lowest BCUT2D eigenvalue weighted by atomic mass is 10.4. The van der Waals surface area contributed by atoms with E-state index < -0.39 is 17.9 Å². The van der Waals surface area contributed by atoms with E-state index in [4.69, 9.17) is 6.42 Å². The Balaban J connectivity index is 3.92. The Morgan fingerprint density at radius 2 is 2.07 bits per heavy atom. The zero-order valence-corrected chi connectivity index (χ0v) is 7.15. The molecule has 6 nitrogen and oxygen atoms in total. The summed E-state index contributed by atoms with van der Waals surface area (Å²) in [7, 11) is 0. The Kier molecular flexibility index (Phi) is 5.23. The molecule has 0 atom stereocenters. The summed E-state index contributed by atoms with van der Waals surface area (Å²) in [6, 6.07) is -1.00. The van der Waals surface area contributed by atoms with E-state index in [1.807, 2.05) is 0 Å². The molecule has 0 radical (unpaired) electrons. The Hall–Kier alpha value is -2.29. The van der Waals surface area contributed by atoms with Gasteiger partial charge in [0, 0.05) is 12.2 Å². The van der Waals surface area contributed by atoms with Crippen molar-refractivity contribution in [1.82, 2.24) is 5.32 Å².